The number of hydrogen-bond donors (Lipinski definition) is 1. The van der Waals surface area contributed by atoms with E-state index >= 15 is 0 Å². The van der Waals surface area contributed by atoms with Crippen LogP contribution in [0.5, 0.6) is 0 Å². The lowest BCUT2D eigenvalue weighted by atomic mass is 9.92. The minimum atomic E-state index is -0.770. The number of nitrogens with zero attached hydrogens (tertiary/aromatic N) is 1. The molecule has 0 aliphatic carbocycles. The summed E-state index contributed by atoms with van der Waals surface area (Å²) in [5.41, 5.74) is -0.889. The van der Waals surface area contributed by atoms with Crippen molar-refractivity contribution in [2.75, 3.05) is 7.05 Å². The van der Waals surface area contributed by atoms with Crippen LogP contribution in [0.15, 0.2) is 18.2 Å². The van der Waals surface area contributed by atoms with Gasteiger partial charge in [-0.15, -0.1) is 0 Å². The fourth-order valence-corrected chi connectivity index (χ4v) is 1.41. The van der Waals surface area contributed by atoms with Crippen LogP contribution in [0, 0.1) is 15.9 Å². The van der Waals surface area contributed by atoms with E-state index in [4.69, 9.17) is 0 Å². The zero-order chi connectivity index (χ0) is 11.6. The van der Waals surface area contributed by atoms with E-state index in [9.17, 15) is 14.5 Å². The first kappa shape index (κ1) is 11.6. The van der Waals surface area contributed by atoms with Gasteiger partial charge in [0, 0.05) is 11.6 Å². The van der Waals surface area contributed by atoms with Gasteiger partial charge in [-0.25, -0.2) is 4.39 Å². The van der Waals surface area contributed by atoms with Crippen molar-refractivity contribution >= 4 is 5.69 Å². The largest absolute Gasteiger partial charge is 0.311 e. The molecule has 0 fully saturated rings. The predicted molar refractivity (Wildman–Crippen MR) is 55.1 cm³/mol. The molecule has 0 amide bonds. The molecule has 0 saturated heterocycles. The molecule has 82 valence electrons. The molecular weight excluding hydrogens is 199 g/mol. The van der Waals surface area contributed by atoms with Gasteiger partial charge in [0.1, 0.15) is 5.82 Å². The number of nitrogens with one attached hydrogen (secondary N) is 1. The number of benzene rings is 1. The molecule has 15 heavy (non-hydrogen) atoms. The molecule has 1 rings (SSSR count). The van der Waals surface area contributed by atoms with Gasteiger partial charge in [-0.3, -0.25) is 10.1 Å². The number of rotatable bonds is 3. The van der Waals surface area contributed by atoms with Crippen molar-refractivity contribution in [3.05, 3.63) is 39.7 Å². The first-order valence-electron chi connectivity index (χ1n) is 4.52. The topological polar surface area (TPSA) is 55.2 Å². The summed E-state index contributed by atoms with van der Waals surface area (Å²) in [6.07, 6.45) is 0. The van der Waals surface area contributed by atoms with E-state index in [0.717, 1.165) is 0 Å². The maximum atomic E-state index is 13.5. The van der Waals surface area contributed by atoms with E-state index in [2.05, 4.69) is 5.32 Å². The van der Waals surface area contributed by atoms with Gasteiger partial charge in [0.2, 0.25) is 0 Å². The lowest BCUT2D eigenvalue weighted by Gasteiger charge is -2.24. The first-order valence-corrected chi connectivity index (χ1v) is 4.52. The van der Waals surface area contributed by atoms with Crippen molar-refractivity contribution in [2.24, 2.45) is 0 Å². The van der Waals surface area contributed by atoms with Crippen LogP contribution in [0.3, 0.4) is 0 Å². The molecule has 0 aliphatic heterocycles. The van der Waals surface area contributed by atoms with E-state index in [1.807, 2.05) is 0 Å². The Morgan fingerprint density at radius 1 is 1.47 bits per heavy atom. The average molecular weight is 212 g/mol. The van der Waals surface area contributed by atoms with Gasteiger partial charge in [0.05, 0.1) is 10.5 Å². The summed E-state index contributed by atoms with van der Waals surface area (Å²) in [7, 11) is 1.64. The molecule has 0 radical (unpaired) electrons. The molecule has 0 spiro atoms. The summed E-state index contributed by atoms with van der Waals surface area (Å²) in [5, 5.41) is 13.6. The minimum Gasteiger partial charge on any atom is -0.311 e. The summed E-state index contributed by atoms with van der Waals surface area (Å²) in [6.45, 7) is 3.39. The molecule has 0 saturated carbocycles. The van der Waals surface area contributed by atoms with Gasteiger partial charge in [0.25, 0.3) is 5.69 Å². The Morgan fingerprint density at radius 2 is 2.07 bits per heavy atom. The summed E-state index contributed by atoms with van der Waals surface area (Å²) >= 11 is 0. The molecule has 5 heteroatoms. The van der Waals surface area contributed by atoms with Crippen LogP contribution >= 0.6 is 0 Å². The van der Waals surface area contributed by atoms with Crippen molar-refractivity contribution in [1.29, 1.82) is 0 Å². The summed E-state index contributed by atoms with van der Waals surface area (Å²) in [5.74, 6) is -0.566. The van der Waals surface area contributed by atoms with Crippen molar-refractivity contribution in [3.63, 3.8) is 0 Å². The molecule has 0 heterocycles. The van der Waals surface area contributed by atoms with Gasteiger partial charge in [0.15, 0.2) is 0 Å². The highest BCUT2D eigenvalue weighted by molar-refractivity contribution is 5.45. The van der Waals surface area contributed by atoms with Gasteiger partial charge < -0.3 is 5.32 Å². The number of nitro benzene ring substituents is 1. The monoisotopic (exact) mass is 212 g/mol. The third-order valence-corrected chi connectivity index (χ3v) is 2.44. The van der Waals surface area contributed by atoms with Crippen molar-refractivity contribution in [2.45, 2.75) is 19.4 Å². The number of halogens is 1. The first-order chi connectivity index (χ1) is 6.90. The minimum absolute atomic E-state index is 0.0810. The smallest absolute Gasteiger partial charge is 0.277 e. The van der Waals surface area contributed by atoms with Crippen LogP contribution in [0.2, 0.25) is 0 Å². The molecular formula is C10H13FN2O2. The fourth-order valence-electron chi connectivity index (χ4n) is 1.41. The summed E-state index contributed by atoms with van der Waals surface area (Å²) in [6, 6.07) is 3.86. The average Bonchev–Trinajstić information content (AvgIpc) is 2.17. The zero-order valence-electron chi connectivity index (χ0n) is 8.87. The van der Waals surface area contributed by atoms with E-state index in [1.54, 1.807) is 20.9 Å². The van der Waals surface area contributed by atoms with Crippen LogP contribution in [-0.4, -0.2) is 12.0 Å². The normalized spacial score (nSPS) is 11.5. The Bertz CT molecular complexity index is 391. The SMILES string of the molecule is CNC(C)(C)c1c(F)cccc1[N+](=O)[O-]. The van der Waals surface area contributed by atoms with Gasteiger partial charge in [-0.1, -0.05) is 6.07 Å². The van der Waals surface area contributed by atoms with Gasteiger partial charge in [-0.2, -0.15) is 0 Å². The van der Waals surface area contributed by atoms with Crippen LogP contribution < -0.4 is 5.32 Å². The van der Waals surface area contributed by atoms with Crippen molar-refractivity contribution in [1.82, 2.24) is 5.32 Å². The zero-order valence-corrected chi connectivity index (χ0v) is 8.87. The molecule has 0 aliphatic rings. The third kappa shape index (κ3) is 2.12. The Balaban J connectivity index is 3.44. The second-order valence-corrected chi connectivity index (χ2v) is 3.77. The molecule has 1 aromatic carbocycles. The van der Waals surface area contributed by atoms with Crippen LogP contribution in [0.4, 0.5) is 10.1 Å². The van der Waals surface area contributed by atoms with E-state index < -0.39 is 16.3 Å². The van der Waals surface area contributed by atoms with Crippen molar-refractivity contribution < 1.29 is 9.31 Å². The molecule has 0 bridgehead atoms. The maximum Gasteiger partial charge on any atom is 0.277 e. The van der Waals surface area contributed by atoms with Gasteiger partial charge in [-0.05, 0) is 27.0 Å². The molecule has 1 N–H and O–H groups in total. The third-order valence-electron chi connectivity index (χ3n) is 2.44. The molecule has 1 aromatic rings. The molecule has 0 aromatic heterocycles. The molecule has 0 unspecified atom stereocenters. The lowest BCUT2D eigenvalue weighted by molar-refractivity contribution is -0.386. The molecule has 4 nitrogen and oxygen atoms in total. The predicted octanol–water partition coefficient (Wildman–Crippen LogP) is 2.19. The number of hydrogen-bond acceptors (Lipinski definition) is 3. The van der Waals surface area contributed by atoms with E-state index in [-0.39, 0.29) is 11.3 Å². The van der Waals surface area contributed by atoms with Crippen LogP contribution in [-0.2, 0) is 5.54 Å². The fraction of sp³-hybridized carbons (Fsp3) is 0.400. The quantitative estimate of drug-likeness (QED) is 0.617. The standard InChI is InChI=1S/C10H13FN2O2/c1-10(2,12-3)9-7(11)5-4-6-8(9)13(14)15/h4-6,12H,1-3H3. The summed E-state index contributed by atoms with van der Waals surface area (Å²) in [4.78, 5) is 10.2. The molecule has 0 atom stereocenters. The Morgan fingerprint density at radius 3 is 2.53 bits per heavy atom. The number of nitro groups is 1. The summed E-state index contributed by atoms with van der Waals surface area (Å²) < 4.78 is 13.5. The maximum absolute atomic E-state index is 13.5. The second-order valence-electron chi connectivity index (χ2n) is 3.77. The Kier molecular flexibility index (Phi) is 3.04. The van der Waals surface area contributed by atoms with E-state index in [0.29, 0.717) is 0 Å². The van der Waals surface area contributed by atoms with Gasteiger partial charge >= 0.3 is 0 Å². The van der Waals surface area contributed by atoms with Crippen LogP contribution in [0.1, 0.15) is 19.4 Å². The van der Waals surface area contributed by atoms with Crippen LogP contribution in [0.25, 0.3) is 0 Å². The Hall–Kier alpha value is -1.49. The highest BCUT2D eigenvalue weighted by Crippen LogP contribution is 2.31. The van der Waals surface area contributed by atoms with Crippen molar-refractivity contribution in [3.8, 4) is 0 Å². The highest BCUT2D eigenvalue weighted by atomic mass is 19.1. The lowest BCUT2D eigenvalue weighted by Crippen LogP contribution is -2.34. The highest BCUT2D eigenvalue weighted by Gasteiger charge is 2.30. The second kappa shape index (κ2) is 3.94. The van der Waals surface area contributed by atoms with E-state index in [1.165, 1.54) is 18.2 Å². The Labute approximate surface area is 87.3 Å².